The van der Waals surface area contributed by atoms with Gasteiger partial charge < -0.3 is 5.11 Å². The maximum absolute atomic E-state index is 13.2. The SMILES string of the molecule is Cc1nn(Cc2ccccc2)c(-c2ccc(F)cc2)c1C(=O)O. The summed E-state index contributed by atoms with van der Waals surface area (Å²) in [6.07, 6.45) is 0. The summed E-state index contributed by atoms with van der Waals surface area (Å²) in [6, 6.07) is 15.4. The highest BCUT2D eigenvalue weighted by molar-refractivity contribution is 5.96. The molecule has 0 fully saturated rings. The van der Waals surface area contributed by atoms with Gasteiger partial charge in [0.2, 0.25) is 0 Å². The number of hydrogen-bond donors (Lipinski definition) is 1. The number of aromatic carboxylic acids is 1. The molecule has 0 amide bonds. The van der Waals surface area contributed by atoms with Crippen LogP contribution in [0.5, 0.6) is 0 Å². The molecule has 2 aromatic carbocycles. The van der Waals surface area contributed by atoms with Crippen LogP contribution in [-0.4, -0.2) is 20.9 Å². The van der Waals surface area contributed by atoms with E-state index in [9.17, 15) is 14.3 Å². The molecular formula is C18H15FN2O2. The first-order valence-corrected chi connectivity index (χ1v) is 7.17. The molecule has 0 bridgehead atoms. The van der Waals surface area contributed by atoms with Crippen molar-refractivity contribution in [2.24, 2.45) is 0 Å². The van der Waals surface area contributed by atoms with E-state index in [2.05, 4.69) is 5.10 Å². The van der Waals surface area contributed by atoms with Crippen molar-refractivity contribution in [2.75, 3.05) is 0 Å². The fourth-order valence-corrected chi connectivity index (χ4v) is 2.61. The Bertz CT molecular complexity index is 839. The Morgan fingerprint density at radius 3 is 2.39 bits per heavy atom. The monoisotopic (exact) mass is 310 g/mol. The van der Waals surface area contributed by atoms with E-state index in [1.165, 1.54) is 12.1 Å². The van der Waals surface area contributed by atoms with Crippen LogP contribution in [0.25, 0.3) is 11.3 Å². The van der Waals surface area contributed by atoms with Crippen molar-refractivity contribution in [1.82, 2.24) is 9.78 Å². The molecule has 3 aromatic rings. The van der Waals surface area contributed by atoms with Crippen LogP contribution in [0, 0.1) is 12.7 Å². The highest BCUT2D eigenvalue weighted by atomic mass is 19.1. The standard InChI is InChI=1S/C18H15FN2O2/c1-12-16(18(22)23)17(14-7-9-15(19)10-8-14)21(20-12)11-13-5-3-2-4-6-13/h2-10H,11H2,1H3,(H,22,23). The third-order valence-corrected chi connectivity index (χ3v) is 3.63. The lowest BCUT2D eigenvalue weighted by Gasteiger charge is -2.09. The minimum absolute atomic E-state index is 0.146. The van der Waals surface area contributed by atoms with Crippen LogP contribution in [-0.2, 0) is 6.54 Å². The molecule has 0 unspecified atom stereocenters. The normalized spacial score (nSPS) is 10.7. The molecule has 23 heavy (non-hydrogen) atoms. The summed E-state index contributed by atoms with van der Waals surface area (Å²) in [7, 11) is 0. The number of carbonyl (C=O) groups is 1. The van der Waals surface area contributed by atoms with Crippen LogP contribution in [0.3, 0.4) is 0 Å². The van der Waals surface area contributed by atoms with Crippen molar-refractivity contribution in [3.63, 3.8) is 0 Å². The number of aromatic nitrogens is 2. The topological polar surface area (TPSA) is 55.1 Å². The van der Waals surface area contributed by atoms with Crippen molar-refractivity contribution in [2.45, 2.75) is 13.5 Å². The predicted octanol–water partition coefficient (Wildman–Crippen LogP) is 3.74. The Labute approximate surface area is 132 Å². The van der Waals surface area contributed by atoms with Gasteiger partial charge in [-0.1, -0.05) is 30.3 Å². The van der Waals surface area contributed by atoms with Gasteiger partial charge >= 0.3 is 5.97 Å². The fraction of sp³-hybridized carbons (Fsp3) is 0.111. The van der Waals surface area contributed by atoms with Gasteiger partial charge in [-0.3, -0.25) is 4.68 Å². The molecule has 0 aliphatic heterocycles. The molecule has 1 aromatic heterocycles. The Balaban J connectivity index is 2.14. The van der Waals surface area contributed by atoms with Gasteiger partial charge in [0.25, 0.3) is 0 Å². The fourth-order valence-electron chi connectivity index (χ4n) is 2.61. The summed E-state index contributed by atoms with van der Waals surface area (Å²) in [4.78, 5) is 11.6. The first-order valence-electron chi connectivity index (χ1n) is 7.17. The molecule has 4 nitrogen and oxygen atoms in total. The molecule has 0 saturated heterocycles. The van der Waals surface area contributed by atoms with Gasteiger partial charge in [0.1, 0.15) is 11.4 Å². The molecular weight excluding hydrogens is 295 g/mol. The van der Waals surface area contributed by atoms with Gasteiger partial charge in [0.05, 0.1) is 17.9 Å². The van der Waals surface area contributed by atoms with E-state index in [0.29, 0.717) is 23.5 Å². The van der Waals surface area contributed by atoms with E-state index in [-0.39, 0.29) is 11.4 Å². The molecule has 116 valence electrons. The number of hydrogen-bond acceptors (Lipinski definition) is 2. The van der Waals surface area contributed by atoms with Gasteiger partial charge in [-0.2, -0.15) is 5.10 Å². The average molecular weight is 310 g/mol. The molecule has 0 atom stereocenters. The maximum Gasteiger partial charge on any atom is 0.339 e. The Hall–Kier alpha value is -2.95. The summed E-state index contributed by atoms with van der Waals surface area (Å²) in [5, 5.41) is 13.9. The quantitative estimate of drug-likeness (QED) is 0.798. The molecule has 5 heteroatoms. The van der Waals surface area contributed by atoms with Crippen LogP contribution < -0.4 is 0 Å². The number of aryl methyl sites for hydroxylation is 1. The molecule has 0 radical (unpaired) electrons. The second kappa shape index (κ2) is 6.04. The zero-order valence-corrected chi connectivity index (χ0v) is 12.5. The summed E-state index contributed by atoms with van der Waals surface area (Å²) >= 11 is 0. The molecule has 0 aliphatic rings. The maximum atomic E-state index is 13.2. The number of rotatable bonds is 4. The lowest BCUT2D eigenvalue weighted by atomic mass is 10.1. The molecule has 3 rings (SSSR count). The summed E-state index contributed by atoms with van der Waals surface area (Å²) in [6.45, 7) is 2.11. The number of carboxylic acids is 1. The number of carboxylic acid groups (broad SMARTS) is 1. The van der Waals surface area contributed by atoms with Crippen molar-refractivity contribution < 1.29 is 14.3 Å². The van der Waals surface area contributed by atoms with Gasteiger partial charge in [0, 0.05) is 5.56 Å². The van der Waals surface area contributed by atoms with Gasteiger partial charge in [0.15, 0.2) is 0 Å². The van der Waals surface area contributed by atoms with Crippen LogP contribution in [0.2, 0.25) is 0 Å². The van der Waals surface area contributed by atoms with Gasteiger partial charge in [-0.25, -0.2) is 9.18 Å². The van der Waals surface area contributed by atoms with Crippen molar-refractivity contribution in [1.29, 1.82) is 0 Å². The summed E-state index contributed by atoms with van der Waals surface area (Å²) in [5.41, 5.74) is 2.70. The van der Waals surface area contributed by atoms with E-state index >= 15 is 0 Å². The van der Waals surface area contributed by atoms with Crippen molar-refractivity contribution in [3.8, 4) is 11.3 Å². The summed E-state index contributed by atoms with van der Waals surface area (Å²) < 4.78 is 14.8. The smallest absolute Gasteiger partial charge is 0.339 e. The largest absolute Gasteiger partial charge is 0.478 e. The second-order valence-electron chi connectivity index (χ2n) is 5.26. The predicted molar refractivity (Wildman–Crippen MR) is 84.9 cm³/mol. The Kier molecular flexibility index (Phi) is 3.93. The molecule has 1 heterocycles. The van der Waals surface area contributed by atoms with E-state index in [1.54, 1.807) is 23.7 Å². The van der Waals surface area contributed by atoms with Crippen LogP contribution in [0.15, 0.2) is 54.6 Å². The highest BCUT2D eigenvalue weighted by Crippen LogP contribution is 2.27. The lowest BCUT2D eigenvalue weighted by Crippen LogP contribution is -2.06. The average Bonchev–Trinajstić information content (AvgIpc) is 2.85. The number of nitrogens with zero attached hydrogens (tertiary/aromatic N) is 2. The third-order valence-electron chi connectivity index (χ3n) is 3.63. The zero-order chi connectivity index (χ0) is 16.4. The summed E-state index contributed by atoms with van der Waals surface area (Å²) in [5.74, 6) is -1.40. The molecule has 0 aliphatic carbocycles. The third kappa shape index (κ3) is 2.99. The molecule has 0 spiro atoms. The first-order chi connectivity index (χ1) is 11.1. The van der Waals surface area contributed by atoms with E-state index in [0.717, 1.165) is 5.56 Å². The van der Waals surface area contributed by atoms with Gasteiger partial charge in [-0.05, 0) is 36.8 Å². The minimum atomic E-state index is -1.04. The van der Waals surface area contributed by atoms with Crippen molar-refractivity contribution in [3.05, 3.63) is 77.2 Å². The van der Waals surface area contributed by atoms with Crippen LogP contribution in [0.4, 0.5) is 4.39 Å². The zero-order valence-electron chi connectivity index (χ0n) is 12.5. The van der Waals surface area contributed by atoms with E-state index in [1.807, 2.05) is 30.3 Å². The first kappa shape index (κ1) is 15.0. The minimum Gasteiger partial charge on any atom is -0.478 e. The number of benzene rings is 2. The molecule has 0 saturated carbocycles. The van der Waals surface area contributed by atoms with E-state index < -0.39 is 5.97 Å². The highest BCUT2D eigenvalue weighted by Gasteiger charge is 2.22. The van der Waals surface area contributed by atoms with Crippen LogP contribution >= 0.6 is 0 Å². The van der Waals surface area contributed by atoms with Crippen molar-refractivity contribution >= 4 is 5.97 Å². The molecule has 1 N–H and O–H groups in total. The van der Waals surface area contributed by atoms with E-state index in [4.69, 9.17) is 0 Å². The second-order valence-corrected chi connectivity index (χ2v) is 5.26. The Morgan fingerprint density at radius 1 is 1.13 bits per heavy atom. The Morgan fingerprint density at radius 2 is 1.78 bits per heavy atom. The van der Waals surface area contributed by atoms with Crippen LogP contribution in [0.1, 0.15) is 21.6 Å². The van der Waals surface area contributed by atoms with Gasteiger partial charge in [-0.15, -0.1) is 0 Å². The number of halogens is 1. The lowest BCUT2D eigenvalue weighted by molar-refractivity contribution is 0.0697.